The van der Waals surface area contributed by atoms with Gasteiger partial charge in [-0.25, -0.2) is 0 Å². The molecular weight excluding hydrogens is 242 g/mol. The molecule has 0 aliphatic heterocycles. The molecule has 4 aliphatic rings. The average molecular weight is 269 g/mol. The third-order valence-corrected chi connectivity index (χ3v) is 6.37. The molecule has 4 aliphatic carbocycles. The number of nitrogens with two attached hydrogens (primary N) is 1. The van der Waals surface area contributed by atoms with Gasteiger partial charge in [-0.05, 0) is 85.7 Å². The molecule has 0 amide bonds. The van der Waals surface area contributed by atoms with E-state index in [9.17, 15) is 0 Å². The second-order valence-electron chi connectivity index (χ2n) is 7.94. The van der Waals surface area contributed by atoms with Crippen LogP contribution in [0.15, 0.2) is 24.3 Å². The lowest BCUT2D eigenvalue weighted by Crippen LogP contribution is -2.46. The van der Waals surface area contributed by atoms with E-state index in [1.807, 2.05) is 0 Å². The van der Waals surface area contributed by atoms with Crippen LogP contribution in [0.3, 0.4) is 0 Å². The van der Waals surface area contributed by atoms with Crippen molar-refractivity contribution in [2.24, 2.45) is 28.9 Å². The van der Waals surface area contributed by atoms with Crippen molar-refractivity contribution >= 4 is 0 Å². The standard InChI is InChI=1S/C19H27N/c20-13-15-3-1-14(2-4-15)5-6-19-10-16-7-17(11-19)9-18(8-16)12-19/h1-4,16-18H,5-13,20H2. The Morgan fingerprint density at radius 1 is 0.850 bits per heavy atom. The number of hydrogen-bond donors (Lipinski definition) is 1. The molecule has 0 heterocycles. The van der Waals surface area contributed by atoms with E-state index < -0.39 is 0 Å². The minimum absolute atomic E-state index is 0.662. The van der Waals surface area contributed by atoms with Gasteiger partial charge in [-0.3, -0.25) is 0 Å². The minimum Gasteiger partial charge on any atom is -0.326 e. The maximum absolute atomic E-state index is 5.68. The van der Waals surface area contributed by atoms with Crippen molar-refractivity contribution in [1.29, 1.82) is 0 Å². The smallest absolute Gasteiger partial charge is 0.0178 e. The molecule has 1 heteroatoms. The lowest BCUT2D eigenvalue weighted by Gasteiger charge is -2.57. The molecule has 0 aromatic heterocycles. The Morgan fingerprint density at radius 3 is 1.85 bits per heavy atom. The van der Waals surface area contributed by atoms with Gasteiger partial charge in [0.15, 0.2) is 0 Å². The van der Waals surface area contributed by atoms with Crippen molar-refractivity contribution in [3.05, 3.63) is 35.4 Å². The van der Waals surface area contributed by atoms with E-state index in [1.54, 1.807) is 38.5 Å². The molecule has 1 aromatic carbocycles. The summed E-state index contributed by atoms with van der Waals surface area (Å²) in [6.45, 7) is 0.662. The summed E-state index contributed by atoms with van der Waals surface area (Å²) in [6, 6.07) is 9.00. The molecule has 0 saturated heterocycles. The molecule has 4 fully saturated rings. The van der Waals surface area contributed by atoms with Gasteiger partial charge in [0, 0.05) is 6.54 Å². The van der Waals surface area contributed by atoms with Gasteiger partial charge in [-0.15, -0.1) is 0 Å². The molecule has 0 atom stereocenters. The Hall–Kier alpha value is -0.820. The van der Waals surface area contributed by atoms with Crippen molar-refractivity contribution in [3.8, 4) is 0 Å². The summed E-state index contributed by atoms with van der Waals surface area (Å²) in [5.74, 6) is 3.25. The molecular formula is C19H27N. The Morgan fingerprint density at radius 2 is 1.35 bits per heavy atom. The van der Waals surface area contributed by atoms with E-state index in [4.69, 9.17) is 5.73 Å². The van der Waals surface area contributed by atoms with E-state index in [0.29, 0.717) is 6.54 Å². The summed E-state index contributed by atoms with van der Waals surface area (Å²) < 4.78 is 0. The van der Waals surface area contributed by atoms with Crippen LogP contribution in [0.25, 0.3) is 0 Å². The van der Waals surface area contributed by atoms with Gasteiger partial charge in [-0.2, -0.15) is 0 Å². The highest BCUT2D eigenvalue weighted by molar-refractivity contribution is 5.22. The molecule has 20 heavy (non-hydrogen) atoms. The molecule has 1 nitrogen and oxygen atoms in total. The van der Waals surface area contributed by atoms with Gasteiger partial charge >= 0.3 is 0 Å². The van der Waals surface area contributed by atoms with Crippen LogP contribution in [-0.2, 0) is 13.0 Å². The van der Waals surface area contributed by atoms with Crippen molar-refractivity contribution in [2.45, 2.75) is 57.9 Å². The summed E-state index contributed by atoms with van der Waals surface area (Å²) in [4.78, 5) is 0. The number of rotatable bonds is 4. The van der Waals surface area contributed by atoms with E-state index in [1.165, 1.54) is 24.0 Å². The second kappa shape index (κ2) is 4.87. The van der Waals surface area contributed by atoms with Gasteiger partial charge in [0.05, 0.1) is 0 Å². The fraction of sp³-hybridized carbons (Fsp3) is 0.684. The Balaban J connectivity index is 1.43. The van der Waals surface area contributed by atoms with Crippen LogP contribution < -0.4 is 5.73 Å². The maximum atomic E-state index is 5.68. The van der Waals surface area contributed by atoms with Gasteiger partial charge in [0.2, 0.25) is 0 Å². The topological polar surface area (TPSA) is 26.0 Å². The van der Waals surface area contributed by atoms with Crippen LogP contribution in [0.2, 0.25) is 0 Å². The van der Waals surface area contributed by atoms with Gasteiger partial charge < -0.3 is 5.73 Å². The molecule has 0 unspecified atom stereocenters. The van der Waals surface area contributed by atoms with Crippen molar-refractivity contribution < 1.29 is 0 Å². The third kappa shape index (κ3) is 2.30. The lowest BCUT2D eigenvalue weighted by molar-refractivity contribution is -0.0569. The highest BCUT2D eigenvalue weighted by atomic mass is 14.6. The van der Waals surface area contributed by atoms with E-state index >= 15 is 0 Å². The molecule has 0 spiro atoms. The third-order valence-electron chi connectivity index (χ3n) is 6.37. The Labute approximate surface area is 122 Å². The highest BCUT2D eigenvalue weighted by Crippen LogP contribution is 2.61. The normalized spacial score (nSPS) is 38.4. The van der Waals surface area contributed by atoms with Crippen LogP contribution in [0.1, 0.15) is 56.1 Å². The van der Waals surface area contributed by atoms with Crippen LogP contribution in [-0.4, -0.2) is 0 Å². The van der Waals surface area contributed by atoms with E-state index in [0.717, 1.165) is 23.2 Å². The molecule has 4 bridgehead atoms. The SMILES string of the molecule is NCc1ccc(CCC23CC4CC(CC(C4)C2)C3)cc1. The van der Waals surface area contributed by atoms with Gasteiger partial charge in [0.1, 0.15) is 0 Å². The largest absolute Gasteiger partial charge is 0.326 e. The Bertz CT molecular complexity index is 438. The minimum atomic E-state index is 0.662. The number of aryl methyl sites for hydroxylation is 1. The predicted octanol–water partition coefficient (Wildman–Crippen LogP) is 4.29. The zero-order chi connectivity index (χ0) is 13.6. The zero-order valence-electron chi connectivity index (χ0n) is 12.5. The van der Waals surface area contributed by atoms with Gasteiger partial charge in [-0.1, -0.05) is 24.3 Å². The van der Waals surface area contributed by atoms with Crippen LogP contribution >= 0.6 is 0 Å². The zero-order valence-corrected chi connectivity index (χ0v) is 12.5. The first-order valence-corrected chi connectivity index (χ1v) is 8.53. The fourth-order valence-corrected chi connectivity index (χ4v) is 5.85. The molecule has 0 radical (unpaired) electrons. The summed E-state index contributed by atoms with van der Waals surface area (Å²) >= 11 is 0. The summed E-state index contributed by atoms with van der Waals surface area (Å²) in [5.41, 5.74) is 9.17. The first-order chi connectivity index (χ1) is 9.75. The number of hydrogen-bond acceptors (Lipinski definition) is 1. The summed E-state index contributed by atoms with van der Waals surface area (Å²) in [7, 11) is 0. The molecule has 1 aromatic rings. The molecule has 5 rings (SSSR count). The van der Waals surface area contributed by atoms with Crippen LogP contribution in [0.5, 0.6) is 0 Å². The lowest BCUT2D eigenvalue weighted by atomic mass is 9.48. The Kier molecular flexibility index (Phi) is 3.14. The quantitative estimate of drug-likeness (QED) is 0.866. The molecule has 2 N–H and O–H groups in total. The highest BCUT2D eigenvalue weighted by Gasteiger charge is 2.50. The van der Waals surface area contributed by atoms with Crippen molar-refractivity contribution in [3.63, 3.8) is 0 Å². The first kappa shape index (κ1) is 12.9. The molecule has 4 saturated carbocycles. The van der Waals surface area contributed by atoms with Crippen LogP contribution in [0.4, 0.5) is 0 Å². The summed E-state index contributed by atoms with van der Waals surface area (Å²) in [6.07, 6.45) is 12.0. The van der Waals surface area contributed by atoms with Gasteiger partial charge in [0.25, 0.3) is 0 Å². The molecule has 108 valence electrons. The van der Waals surface area contributed by atoms with Crippen molar-refractivity contribution in [2.75, 3.05) is 0 Å². The first-order valence-electron chi connectivity index (χ1n) is 8.53. The average Bonchev–Trinajstić information content (AvgIpc) is 2.44. The predicted molar refractivity (Wildman–Crippen MR) is 83.3 cm³/mol. The number of benzene rings is 1. The second-order valence-corrected chi connectivity index (χ2v) is 7.94. The monoisotopic (exact) mass is 269 g/mol. The fourth-order valence-electron chi connectivity index (χ4n) is 5.85. The summed E-state index contributed by atoms with van der Waals surface area (Å²) in [5, 5.41) is 0. The maximum Gasteiger partial charge on any atom is 0.0178 e. The van der Waals surface area contributed by atoms with Crippen molar-refractivity contribution in [1.82, 2.24) is 0 Å². The van der Waals surface area contributed by atoms with E-state index in [-0.39, 0.29) is 0 Å². The van der Waals surface area contributed by atoms with Crippen LogP contribution in [0, 0.1) is 23.2 Å². The van der Waals surface area contributed by atoms with E-state index in [2.05, 4.69) is 24.3 Å².